The molecule has 0 aromatic heterocycles. The van der Waals surface area contributed by atoms with Crippen LogP contribution in [0.1, 0.15) is 16.8 Å². The maximum atomic E-state index is 12.1. The largest absolute Gasteiger partial charge is 0.482 e. The highest BCUT2D eigenvalue weighted by Crippen LogP contribution is 2.28. The number of nitrogens with one attached hydrogen (secondary N) is 1. The Hall–Kier alpha value is -2.76. The average Bonchev–Trinajstić information content (AvgIpc) is 2.36. The van der Waals surface area contributed by atoms with Gasteiger partial charge in [-0.15, -0.1) is 0 Å². The van der Waals surface area contributed by atoms with Crippen molar-refractivity contribution in [1.82, 2.24) is 0 Å². The van der Waals surface area contributed by atoms with Gasteiger partial charge in [-0.3, -0.25) is 9.59 Å². The molecule has 0 aliphatic rings. The SMILES string of the molecule is N#CCC(=O)Nc1cc(C(N)=O)ccc1OCC(F)(F)F. The lowest BCUT2D eigenvalue weighted by atomic mass is 10.1. The van der Waals surface area contributed by atoms with Crippen molar-refractivity contribution in [3.8, 4) is 11.8 Å². The highest BCUT2D eigenvalue weighted by atomic mass is 19.4. The lowest BCUT2D eigenvalue weighted by Gasteiger charge is -2.14. The molecule has 6 nitrogen and oxygen atoms in total. The van der Waals surface area contributed by atoms with Crippen molar-refractivity contribution in [1.29, 1.82) is 5.26 Å². The van der Waals surface area contributed by atoms with E-state index in [4.69, 9.17) is 11.0 Å². The van der Waals surface area contributed by atoms with Gasteiger partial charge in [-0.25, -0.2) is 0 Å². The van der Waals surface area contributed by atoms with E-state index < -0.39 is 31.0 Å². The zero-order chi connectivity index (χ0) is 16.0. The minimum Gasteiger partial charge on any atom is -0.482 e. The van der Waals surface area contributed by atoms with E-state index in [1.807, 2.05) is 0 Å². The fraction of sp³-hybridized carbons (Fsp3) is 0.250. The first-order valence-corrected chi connectivity index (χ1v) is 5.53. The van der Waals surface area contributed by atoms with E-state index in [0.29, 0.717) is 0 Å². The Balaban J connectivity index is 3.02. The van der Waals surface area contributed by atoms with Gasteiger partial charge in [0.05, 0.1) is 11.8 Å². The molecular formula is C12H10F3N3O3. The molecular weight excluding hydrogens is 291 g/mol. The van der Waals surface area contributed by atoms with Crippen LogP contribution in [0.25, 0.3) is 0 Å². The zero-order valence-corrected chi connectivity index (χ0v) is 10.5. The van der Waals surface area contributed by atoms with Crippen LogP contribution in [0.3, 0.4) is 0 Å². The molecule has 21 heavy (non-hydrogen) atoms. The highest BCUT2D eigenvalue weighted by molar-refractivity contribution is 5.98. The van der Waals surface area contributed by atoms with Crippen LogP contribution in [0.5, 0.6) is 5.75 Å². The van der Waals surface area contributed by atoms with Gasteiger partial charge in [0.1, 0.15) is 12.2 Å². The maximum absolute atomic E-state index is 12.1. The molecule has 0 saturated heterocycles. The molecule has 2 amide bonds. The van der Waals surface area contributed by atoms with Gasteiger partial charge < -0.3 is 15.8 Å². The van der Waals surface area contributed by atoms with Crippen LogP contribution in [-0.4, -0.2) is 24.6 Å². The number of halogens is 3. The van der Waals surface area contributed by atoms with E-state index in [-0.39, 0.29) is 17.0 Å². The summed E-state index contributed by atoms with van der Waals surface area (Å²) in [6, 6.07) is 4.89. The molecule has 3 N–H and O–H groups in total. The first-order valence-electron chi connectivity index (χ1n) is 5.53. The van der Waals surface area contributed by atoms with E-state index in [2.05, 4.69) is 10.1 Å². The fourth-order valence-corrected chi connectivity index (χ4v) is 1.33. The minimum atomic E-state index is -4.56. The smallest absolute Gasteiger partial charge is 0.422 e. The number of nitrogens with zero attached hydrogens (tertiary/aromatic N) is 1. The van der Waals surface area contributed by atoms with Crippen LogP contribution in [0.15, 0.2) is 18.2 Å². The number of nitrogens with two attached hydrogens (primary N) is 1. The Labute approximate surface area is 117 Å². The molecule has 0 aliphatic heterocycles. The second-order valence-electron chi connectivity index (χ2n) is 3.86. The summed E-state index contributed by atoms with van der Waals surface area (Å²) in [6.07, 6.45) is -5.06. The molecule has 1 rings (SSSR count). The van der Waals surface area contributed by atoms with Crippen LogP contribution in [0.2, 0.25) is 0 Å². The topological polar surface area (TPSA) is 105 Å². The standard InChI is InChI=1S/C12H10F3N3O3/c13-12(14,15)6-21-9-2-1-7(11(17)20)5-8(9)18-10(19)3-4-16/h1-2,5H,3,6H2,(H2,17,20)(H,18,19). The normalized spacial score (nSPS) is 10.6. The Kier molecular flexibility index (Phi) is 5.12. The number of primary amides is 1. The summed E-state index contributed by atoms with van der Waals surface area (Å²) in [7, 11) is 0. The number of ether oxygens (including phenoxy) is 1. The predicted octanol–water partition coefficient (Wildman–Crippen LogP) is 1.58. The number of hydrogen-bond donors (Lipinski definition) is 2. The van der Waals surface area contributed by atoms with Crippen molar-refractivity contribution in [2.75, 3.05) is 11.9 Å². The van der Waals surface area contributed by atoms with Crippen molar-refractivity contribution in [3.05, 3.63) is 23.8 Å². The van der Waals surface area contributed by atoms with Crippen LogP contribution >= 0.6 is 0 Å². The van der Waals surface area contributed by atoms with Gasteiger partial charge >= 0.3 is 6.18 Å². The van der Waals surface area contributed by atoms with Crippen LogP contribution < -0.4 is 15.8 Å². The molecule has 0 aliphatic carbocycles. The number of nitriles is 1. The van der Waals surface area contributed by atoms with Gasteiger partial charge in [-0.05, 0) is 18.2 Å². The first kappa shape index (κ1) is 16.3. The van der Waals surface area contributed by atoms with Crippen molar-refractivity contribution in [2.24, 2.45) is 5.73 Å². The summed E-state index contributed by atoms with van der Waals surface area (Å²) in [6.45, 7) is -1.57. The maximum Gasteiger partial charge on any atom is 0.422 e. The number of alkyl halides is 3. The summed E-state index contributed by atoms with van der Waals surface area (Å²) in [5.74, 6) is -1.87. The molecule has 1 aromatic rings. The van der Waals surface area contributed by atoms with Gasteiger partial charge in [0.2, 0.25) is 11.8 Å². The fourth-order valence-electron chi connectivity index (χ4n) is 1.33. The lowest BCUT2D eigenvalue weighted by Crippen LogP contribution is -2.21. The molecule has 9 heteroatoms. The quantitative estimate of drug-likeness (QED) is 0.861. The van der Waals surface area contributed by atoms with Crippen molar-refractivity contribution in [2.45, 2.75) is 12.6 Å². The lowest BCUT2D eigenvalue weighted by molar-refractivity contribution is -0.153. The molecule has 112 valence electrons. The van der Waals surface area contributed by atoms with E-state index in [1.165, 1.54) is 0 Å². The van der Waals surface area contributed by atoms with Gasteiger partial charge in [0.25, 0.3) is 0 Å². The molecule has 0 unspecified atom stereocenters. The third-order valence-corrected chi connectivity index (χ3v) is 2.17. The van der Waals surface area contributed by atoms with Gasteiger partial charge in [-0.2, -0.15) is 18.4 Å². The third-order valence-electron chi connectivity index (χ3n) is 2.17. The molecule has 0 saturated carbocycles. The molecule has 0 fully saturated rings. The van der Waals surface area contributed by atoms with Gasteiger partial charge in [-0.1, -0.05) is 0 Å². The molecule has 0 bridgehead atoms. The number of amides is 2. The Morgan fingerprint density at radius 3 is 2.57 bits per heavy atom. The molecule has 0 radical (unpaired) electrons. The van der Waals surface area contributed by atoms with Crippen LogP contribution in [0, 0.1) is 11.3 Å². The number of rotatable bonds is 5. The van der Waals surface area contributed by atoms with E-state index in [9.17, 15) is 22.8 Å². The highest BCUT2D eigenvalue weighted by Gasteiger charge is 2.29. The van der Waals surface area contributed by atoms with Crippen LogP contribution in [0.4, 0.5) is 18.9 Å². The predicted molar refractivity (Wildman–Crippen MR) is 65.4 cm³/mol. The summed E-state index contributed by atoms with van der Waals surface area (Å²) in [4.78, 5) is 22.3. The minimum absolute atomic E-state index is 0.0263. The average molecular weight is 301 g/mol. The van der Waals surface area contributed by atoms with Crippen molar-refractivity contribution < 1.29 is 27.5 Å². The Morgan fingerprint density at radius 1 is 1.38 bits per heavy atom. The summed E-state index contributed by atoms with van der Waals surface area (Å²) in [5.41, 5.74) is 4.84. The Morgan fingerprint density at radius 2 is 2.05 bits per heavy atom. The van der Waals surface area contributed by atoms with E-state index in [0.717, 1.165) is 18.2 Å². The molecule has 0 spiro atoms. The summed E-state index contributed by atoms with van der Waals surface area (Å²) >= 11 is 0. The number of carbonyl (C=O) groups excluding carboxylic acids is 2. The number of benzene rings is 1. The summed E-state index contributed by atoms with van der Waals surface area (Å²) < 4.78 is 40.9. The third kappa shape index (κ3) is 5.40. The second kappa shape index (κ2) is 6.60. The van der Waals surface area contributed by atoms with Crippen molar-refractivity contribution >= 4 is 17.5 Å². The van der Waals surface area contributed by atoms with E-state index >= 15 is 0 Å². The monoisotopic (exact) mass is 301 g/mol. The molecule has 1 aromatic carbocycles. The van der Waals surface area contributed by atoms with Gasteiger partial charge in [0.15, 0.2) is 6.61 Å². The summed E-state index contributed by atoms with van der Waals surface area (Å²) in [5, 5.41) is 10.6. The Bertz CT molecular complexity index is 594. The first-order chi connectivity index (χ1) is 9.73. The van der Waals surface area contributed by atoms with Crippen molar-refractivity contribution in [3.63, 3.8) is 0 Å². The molecule has 0 heterocycles. The zero-order valence-electron chi connectivity index (χ0n) is 10.5. The molecule has 0 atom stereocenters. The van der Waals surface area contributed by atoms with Gasteiger partial charge in [0, 0.05) is 5.56 Å². The van der Waals surface area contributed by atoms with Crippen LogP contribution in [-0.2, 0) is 4.79 Å². The number of hydrogen-bond acceptors (Lipinski definition) is 4. The second-order valence-corrected chi connectivity index (χ2v) is 3.86. The van der Waals surface area contributed by atoms with E-state index in [1.54, 1.807) is 6.07 Å². The number of anilines is 1. The number of carbonyl (C=O) groups is 2.